The van der Waals surface area contributed by atoms with E-state index in [0.717, 1.165) is 11.3 Å². The molecule has 0 fully saturated rings. The summed E-state index contributed by atoms with van der Waals surface area (Å²) in [5, 5.41) is 0. The Morgan fingerprint density at radius 3 is 2.62 bits per heavy atom. The highest BCUT2D eigenvalue weighted by molar-refractivity contribution is 5.52. The van der Waals surface area contributed by atoms with E-state index in [-0.39, 0.29) is 6.04 Å². The highest BCUT2D eigenvalue weighted by Gasteiger charge is 1.94. The zero-order valence-corrected chi connectivity index (χ0v) is 9.25. The smallest absolute Gasteiger partial charge is 0.0991 e. The zero-order chi connectivity index (χ0) is 11.4. The number of hydrogen-bond donors (Lipinski definition) is 1. The van der Waals surface area contributed by atoms with Crippen molar-refractivity contribution in [1.82, 2.24) is 9.55 Å². The van der Waals surface area contributed by atoms with Gasteiger partial charge >= 0.3 is 0 Å². The van der Waals surface area contributed by atoms with E-state index < -0.39 is 0 Å². The van der Waals surface area contributed by atoms with Crippen molar-refractivity contribution in [2.45, 2.75) is 13.0 Å². The van der Waals surface area contributed by atoms with Gasteiger partial charge in [0, 0.05) is 24.1 Å². The van der Waals surface area contributed by atoms with Crippen molar-refractivity contribution in [3.63, 3.8) is 0 Å². The van der Waals surface area contributed by atoms with Gasteiger partial charge in [0.15, 0.2) is 0 Å². The van der Waals surface area contributed by atoms with Crippen LogP contribution in [-0.2, 0) is 0 Å². The Kier molecular flexibility index (Phi) is 3.17. The van der Waals surface area contributed by atoms with Crippen LogP contribution < -0.4 is 5.73 Å². The lowest BCUT2D eigenvalue weighted by molar-refractivity contribution is 0.931. The predicted molar refractivity (Wildman–Crippen MR) is 66.2 cm³/mol. The summed E-state index contributed by atoms with van der Waals surface area (Å²) in [7, 11) is 0. The maximum absolute atomic E-state index is 5.65. The fourth-order valence-electron chi connectivity index (χ4n) is 1.43. The number of benzene rings is 1. The van der Waals surface area contributed by atoms with E-state index in [1.807, 2.05) is 29.8 Å². The minimum atomic E-state index is 0.0910. The number of aromatic nitrogens is 2. The van der Waals surface area contributed by atoms with Crippen LogP contribution in [0.2, 0.25) is 0 Å². The average molecular weight is 213 g/mol. The van der Waals surface area contributed by atoms with E-state index in [9.17, 15) is 0 Å². The summed E-state index contributed by atoms with van der Waals surface area (Å²) in [4.78, 5) is 4.01. The summed E-state index contributed by atoms with van der Waals surface area (Å²) in [6, 6.07) is 8.33. The first-order valence-corrected chi connectivity index (χ1v) is 5.28. The molecule has 3 heteroatoms. The molecule has 0 aliphatic carbocycles. The first-order chi connectivity index (χ1) is 7.75. The van der Waals surface area contributed by atoms with Crippen molar-refractivity contribution in [1.29, 1.82) is 0 Å². The Labute approximate surface area is 95.2 Å². The van der Waals surface area contributed by atoms with Gasteiger partial charge in [-0.3, -0.25) is 0 Å². The lowest BCUT2D eigenvalue weighted by Crippen LogP contribution is -2.09. The van der Waals surface area contributed by atoms with Gasteiger partial charge in [0.25, 0.3) is 0 Å². The van der Waals surface area contributed by atoms with Gasteiger partial charge in [-0.1, -0.05) is 24.3 Å². The molecule has 0 spiro atoms. The molecule has 16 heavy (non-hydrogen) atoms. The van der Waals surface area contributed by atoms with Crippen molar-refractivity contribution in [2.24, 2.45) is 5.73 Å². The van der Waals surface area contributed by atoms with E-state index in [0.29, 0.717) is 0 Å². The number of nitrogens with zero attached hydrogens (tertiary/aromatic N) is 2. The maximum Gasteiger partial charge on any atom is 0.0991 e. The SMILES string of the molecule is CC(N)/C=C/c1ccc(-n2ccnc2)cc1. The van der Waals surface area contributed by atoms with Crippen LogP contribution in [0.5, 0.6) is 0 Å². The van der Waals surface area contributed by atoms with Gasteiger partial charge in [0.2, 0.25) is 0 Å². The Bertz CT molecular complexity index is 452. The molecule has 2 N–H and O–H groups in total. The zero-order valence-electron chi connectivity index (χ0n) is 9.25. The summed E-state index contributed by atoms with van der Waals surface area (Å²) >= 11 is 0. The third kappa shape index (κ3) is 2.58. The Morgan fingerprint density at radius 1 is 1.31 bits per heavy atom. The van der Waals surface area contributed by atoms with Crippen molar-refractivity contribution < 1.29 is 0 Å². The lowest BCUT2D eigenvalue weighted by atomic mass is 10.1. The number of hydrogen-bond acceptors (Lipinski definition) is 2. The van der Waals surface area contributed by atoms with E-state index in [1.165, 1.54) is 0 Å². The summed E-state index contributed by atoms with van der Waals surface area (Å²) < 4.78 is 1.97. The van der Waals surface area contributed by atoms with Crippen LogP contribution in [0.15, 0.2) is 49.1 Å². The third-order valence-electron chi connectivity index (χ3n) is 2.29. The average Bonchev–Trinajstić information content (AvgIpc) is 2.80. The molecule has 0 saturated carbocycles. The van der Waals surface area contributed by atoms with Gasteiger partial charge in [0.1, 0.15) is 0 Å². The summed E-state index contributed by atoms with van der Waals surface area (Å²) in [5.41, 5.74) is 7.91. The fraction of sp³-hybridized carbons (Fsp3) is 0.154. The van der Waals surface area contributed by atoms with Gasteiger partial charge in [-0.25, -0.2) is 4.98 Å². The van der Waals surface area contributed by atoms with Crippen LogP contribution in [0.3, 0.4) is 0 Å². The van der Waals surface area contributed by atoms with Crippen LogP contribution in [0.1, 0.15) is 12.5 Å². The van der Waals surface area contributed by atoms with E-state index in [1.54, 1.807) is 12.5 Å². The first-order valence-electron chi connectivity index (χ1n) is 5.28. The fourth-order valence-corrected chi connectivity index (χ4v) is 1.43. The van der Waals surface area contributed by atoms with Gasteiger partial charge in [-0.15, -0.1) is 0 Å². The predicted octanol–water partition coefficient (Wildman–Crippen LogP) is 2.23. The monoisotopic (exact) mass is 213 g/mol. The third-order valence-corrected chi connectivity index (χ3v) is 2.29. The molecule has 0 saturated heterocycles. The molecule has 0 bridgehead atoms. The molecule has 2 aromatic rings. The molecule has 1 unspecified atom stereocenters. The van der Waals surface area contributed by atoms with Gasteiger partial charge in [-0.2, -0.15) is 0 Å². The van der Waals surface area contributed by atoms with Gasteiger partial charge in [0.05, 0.1) is 6.33 Å². The van der Waals surface area contributed by atoms with Crippen molar-refractivity contribution in [2.75, 3.05) is 0 Å². The molecule has 1 atom stereocenters. The van der Waals surface area contributed by atoms with Crippen LogP contribution in [0.25, 0.3) is 11.8 Å². The highest BCUT2D eigenvalue weighted by Crippen LogP contribution is 2.10. The van der Waals surface area contributed by atoms with Gasteiger partial charge in [-0.05, 0) is 24.6 Å². The topological polar surface area (TPSA) is 43.8 Å². The second-order valence-corrected chi connectivity index (χ2v) is 3.78. The molecule has 1 aromatic heterocycles. The van der Waals surface area contributed by atoms with Crippen molar-refractivity contribution in [3.8, 4) is 5.69 Å². The van der Waals surface area contributed by atoms with E-state index in [4.69, 9.17) is 5.73 Å². The molecule has 0 aliphatic heterocycles. The molecule has 1 heterocycles. The van der Waals surface area contributed by atoms with Crippen LogP contribution in [-0.4, -0.2) is 15.6 Å². The van der Waals surface area contributed by atoms with E-state index in [2.05, 4.69) is 29.2 Å². The standard InChI is InChI=1S/C13H15N3/c1-11(14)2-3-12-4-6-13(7-5-12)16-9-8-15-10-16/h2-11H,14H2,1H3/b3-2+. The van der Waals surface area contributed by atoms with Crippen LogP contribution >= 0.6 is 0 Å². The lowest BCUT2D eigenvalue weighted by Gasteiger charge is -2.02. The minimum absolute atomic E-state index is 0.0910. The Balaban J connectivity index is 2.17. The second kappa shape index (κ2) is 4.77. The van der Waals surface area contributed by atoms with Crippen LogP contribution in [0, 0.1) is 0 Å². The Hall–Kier alpha value is -1.87. The largest absolute Gasteiger partial charge is 0.325 e. The maximum atomic E-state index is 5.65. The number of nitrogens with two attached hydrogens (primary N) is 1. The summed E-state index contributed by atoms with van der Waals surface area (Å²) in [6.07, 6.45) is 9.48. The van der Waals surface area contributed by atoms with E-state index >= 15 is 0 Å². The van der Waals surface area contributed by atoms with Crippen molar-refractivity contribution >= 4 is 6.08 Å². The highest BCUT2D eigenvalue weighted by atomic mass is 15.0. The molecule has 2 rings (SSSR count). The quantitative estimate of drug-likeness (QED) is 0.849. The number of imidazole rings is 1. The molecule has 0 aliphatic rings. The first kappa shape index (κ1) is 10.6. The molecular weight excluding hydrogens is 198 g/mol. The van der Waals surface area contributed by atoms with Crippen molar-refractivity contribution in [3.05, 3.63) is 54.6 Å². The molecule has 0 radical (unpaired) electrons. The Morgan fingerprint density at radius 2 is 2.06 bits per heavy atom. The second-order valence-electron chi connectivity index (χ2n) is 3.78. The number of rotatable bonds is 3. The molecule has 3 nitrogen and oxygen atoms in total. The van der Waals surface area contributed by atoms with Gasteiger partial charge < -0.3 is 10.3 Å². The minimum Gasteiger partial charge on any atom is -0.325 e. The molecule has 82 valence electrons. The molecule has 1 aromatic carbocycles. The summed E-state index contributed by atoms with van der Waals surface area (Å²) in [6.45, 7) is 1.95. The molecular formula is C13H15N3. The normalized spacial score (nSPS) is 13.1. The molecule has 0 amide bonds. The summed E-state index contributed by atoms with van der Waals surface area (Å²) in [5.74, 6) is 0. The van der Waals surface area contributed by atoms with Crippen LogP contribution in [0.4, 0.5) is 0 Å².